The van der Waals surface area contributed by atoms with Crippen LogP contribution in [-0.4, -0.2) is 6.61 Å². The first-order valence-electron chi connectivity index (χ1n) is 12.7. The number of allylic oxidation sites excluding steroid dienone is 2. The molecule has 0 amide bonds. The average Bonchev–Trinajstić information content (AvgIpc) is 2.78. The Morgan fingerprint density at radius 1 is 0.828 bits per heavy atom. The highest BCUT2D eigenvalue weighted by molar-refractivity contribution is 5.28. The largest absolute Gasteiger partial charge is 0.494 e. The molecule has 0 aromatic heterocycles. The number of aryl methyl sites for hydroxylation is 1. The second kappa shape index (κ2) is 12.5. The van der Waals surface area contributed by atoms with Crippen molar-refractivity contribution >= 4 is 0 Å². The minimum absolute atomic E-state index is 0.813. The molecule has 0 aliphatic heterocycles. The van der Waals surface area contributed by atoms with E-state index in [0.717, 1.165) is 36.5 Å². The van der Waals surface area contributed by atoms with E-state index in [1.807, 2.05) is 0 Å². The number of ether oxygens (including phenoxy) is 1. The van der Waals surface area contributed by atoms with E-state index in [1.165, 1.54) is 89.0 Å². The second-order valence-corrected chi connectivity index (χ2v) is 9.67. The number of rotatable bonds is 11. The van der Waals surface area contributed by atoms with Crippen molar-refractivity contribution in [3.05, 3.63) is 41.5 Å². The molecule has 2 aliphatic carbocycles. The summed E-state index contributed by atoms with van der Waals surface area (Å²) in [6.07, 6.45) is 22.1. The fraction of sp³-hybridized carbons (Fsp3) is 0.714. The molecule has 1 aromatic carbocycles. The van der Waals surface area contributed by atoms with Crippen molar-refractivity contribution in [3.63, 3.8) is 0 Å². The van der Waals surface area contributed by atoms with Gasteiger partial charge in [0.2, 0.25) is 0 Å². The van der Waals surface area contributed by atoms with Gasteiger partial charge in [0.1, 0.15) is 5.75 Å². The van der Waals surface area contributed by atoms with Crippen molar-refractivity contribution < 1.29 is 4.74 Å². The molecule has 0 spiro atoms. The first-order chi connectivity index (χ1) is 14.3. The normalized spacial score (nSPS) is 24.9. The topological polar surface area (TPSA) is 9.23 Å². The highest BCUT2D eigenvalue weighted by Gasteiger charge is 2.28. The zero-order valence-corrected chi connectivity index (χ0v) is 19.1. The third-order valence-electron chi connectivity index (χ3n) is 7.45. The molecule has 0 heterocycles. The maximum Gasteiger partial charge on any atom is 0.119 e. The van der Waals surface area contributed by atoms with E-state index in [-0.39, 0.29) is 0 Å². The SMILES string of the molecule is CCCCCC1CCC(C2CC=C(CCc3ccc(OCCC)cc3)CC2)CC1. The summed E-state index contributed by atoms with van der Waals surface area (Å²) in [4.78, 5) is 0. The van der Waals surface area contributed by atoms with Crippen LogP contribution in [-0.2, 0) is 6.42 Å². The fourth-order valence-electron chi connectivity index (χ4n) is 5.47. The van der Waals surface area contributed by atoms with Gasteiger partial charge >= 0.3 is 0 Å². The molecule has 1 unspecified atom stereocenters. The Morgan fingerprint density at radius 2 is 1.62 bits per heavy atom. The monoisotopic (exact) mass is 396 g/mol. The van der Waals surface area contributed by atoms with Gasteiger partial charge in [-0.1, -0.05) is 76.2 Å². The predicted octanol–water partition coefficient (Wildman–Crippen LogP) is 8.52. The fourth-order valence-corrected chi connectivity index (χ4v) is 5.47. The van der Waals surface area contributed by atoms with Gasteiger partial charge in [-0.2, -0.15) is 0 Å². The van der Waals surface area contributed by atoms with Crippen LogP contribution in [0.25, 0.3) is 0 Å². The van der Waals surface area contributed by atoms with Gasteiger partial charge in [0.25, 0.3) is 0 Å². The zero-order chi connectivity index (χ0) is 20.3. The number of hydrogen-bond acceptors (Lipinski definition) is 1. The lowest BCUT2D eigenvalue weighted by Gasteiger charge is -2.35. The summed E-state index contributed by atoms with van der Waals surface area (Å²) in [6, 6.07) is 8.76. The summed E-state index contributed by atoms with van der Waals surface area (Å²) in [6.45, 7) is 5.28. The molecule has 0 radical (unpaired) electrons. The van der Waals surface area contributed by atoms with Crippen LogP contribution in [0, 0.1) is 17.8 Å². The van der Waals surface area contributed by atoms with Crippen molar-refractivity contribution in [2.75, 3.05) is 6.61 Å². The van der Waals surface area contributed by atoms with Crippen LogP contribution in [0.2, 0.25) is 0 Å². The van der Waals surface area contributed by atoms with Crippen molar-refractivity contribution in [1.29, 1.82) is 0 Å². The van der Waals surface area contributed by atoms with Gasteiger partial charge in [-0.05, 0) is 86.8 Å². The molecule has 1 saturated carbocycles. The third-order valence-corrected chi connectivity index (χ3v) is 7.45. The smallest absolute Gasteiger partial charge is 0.119 e. The average molecular weight is 397 g/mol. The molecule has 1 heteroatoms. The highest BCUT2D eigenvalue weighted by atomic mass is 16.5. The molecule has 0 bridgehead atoms. The second-order valence-electron chi connectivity index (χ2n) is 9.67. The van der Waals surface area contributed by atoms with Gasteiger partial charge in [0, 0.05) is 0 Å². The quantitative estimate of drug-likeness (QED) is 0.269. The summed E-state index contributed by atoms with van der Waals surface area (Å²) < 4.78 is 5.69. The van der Waals surface area contributed by atoms with E-state index in [1.54, 1.807) is 5.57 Å². The summed E-state index contributed by atoms with van der Waals surface area (Å²) in [5.74, 6) is 4.05. The third kappa shape index (κ3) is 7.50. The molecule has 29 heavy (non-hydrogen) atoms. The lowest BCUT2D eigenvalue weighted by atomic mass is 9.70. The molecule has 2 aliphatic rings. The molecule has 3 rings (SSSR count). The highest BCUT2D eigenvalue weighted by Crippen LogP contribution is 2.41. The van der Waals surface area contributed by atoms with Crippen LogP contribution in [0.4, 0.5) is 0 Å². The zero-order valence-electron chi connectivity index (χ0n) is 19.1. The molecule has 1 nitrogen and oxygen atoms in total. The minimum atomic E-state index is 0.813. The number of hydrogen-bond donors (Lipinski definition) is 0. The molecule has 1 atom stereocenters. The summed E-state index contributed by atoms with van der Waals surface area (Å²) >= 11 is 0. The van der Waals surface area contributed by atoms with Crippen LogP contribution < -0.4 is 4.74 Å². The van der Waals surface area contributed by atoms with Crippen molar-refractivity contribution in [3.8, 4) is 5.75 Å². The predicted molar refractivity (Wildman–Crippen MR) is 126 cm³/mol. The Labute approximate surface area is 180 Å². The first kappa shape index (κ1) is 22.4. The van der Waals surface area contributed by atoms with Gasteiger partial charge in [0.05, 0.1) is 6.61 Å². The lowest BCUT2D eigenvalue weighted by molar-refractivity contribution is 0.185. The van der Waals surface area contributed by atoms with Gasteiger partial charge in [-0.15, -0.1) is 0 Å². The standard InChI is InChI=1S/C28H44O/c1-3-5-6-7-23-10-16-26(17-11-23)27-18-12-24(13-19-27)8-9-25-14-20-28(21-15-25)29-22-4-2/h12,14-15,20-21,23,26-27H,3-11,13,16-19,22H2,1-2H3. The Bertz CT molecular complexity index is 591. The van der Waals surface area contributed by atoms with Crippen molar-refractivity contribution in [2.45, 2.75) is 104 Å². The van der Waals surface area contributed by atoms with E-state index < -0.39 is 0 Å². The molecule has 162 valence electrons. The first-order valence-corrected chi connectivity index (χ1v) is 12.7. The summed E-state index contributed by atoms with van der Waals surface area (Å²) in [5.41, 5.74) is 3.15. The van der Waals surface area contributed by atoms with E-state index in [2.05, 4.69) is 44.2 Å². The molecule has 1 fully saturated rings. The van der Waals surface area contributed by atoms with Crippen LogP contribution in [0.1, 0.15) is 103 Å². The molecular weight excluding hydrogens is 352 g/mol. The maximum absolute atomic E-state index is 5.69. The van der Waals surface area contributed by atoms with E-state index in [4.69, 9.17) is 4.74 Å². The van der Waals surface area contributed by atoms with Crippen LogP contribution in [0.5, 0.6) is 5.75 Å². The number of benzene rings is 1. The van der Waals surface area contributed by atoms with Crippen LogP contribution in [0.3, 0.4) is 0 Å². The van der Waals surface area contributed by atoms with Gasteiger partial charge < -0.3 is 4.74 Å². The van der Waals surface area contributed by atoms with E-state index in [0.29, 0.717) is 0 Å². The van der Waals surface area contributed by atoms with Crippen molar-refractivity contribution in [2.24, 2.45) is 17.8 Å². The van der Waals surface area contributed by atoms with Gasteiger partial charge in [0.15, 0.2) is 0 Å². The molecule has 0 N–H and O–H groups in total. The van der Waals surface area contributed by atoms with E-state index >= 15 is 0 Å². The van der Waals surface area contributed by atoms with Gasteiger partial charge in [-0.3, -0.25) is 0 Å². The molecule has 0 saturated heterocycles. The van der Waals surface area contributed by atoms with E-state index in [9.17, 15) is 0 Å². The van der Waals surface area contributed by atoms with Crippen molar-refractivity contribution in [1.82, 2.24) is 0 Å². The van der Waals surface area contributed by atoms with Crippen LogP contribution in [0.15, 0.2) is 35.9 Å². The molecule has 1 aromatic rings. The molecular formula is C28H44O. The Kier molecular flexibility index (Phi) is 9.64. The number of unbranched alkanes of at least 4 members (excludes halogenated alkanes) is 2. The van der Waals surface area contributed by atoms with Crippen LogP contribution >= 0.6 is 0 Å². The maximum atomic E-state index is 5.69. The summed E-state index contributed by atoms with van der Waals surface area (Å²) in [5, 5.41) is 0. The Hall–Kier alpha value is -1.24. The Balaban J connectivity index is 1.35. The summed E-state index contributed by atoms with van der Waals surface area (Å²) in [7, 11) is 0. The Morgan fingerprint density at radius 3 is 2.28 bits per heavy atom. The minimum Gasteiger partial charge on any atom is -0.494 e. The lowest BCUT2D eigenvalue weighted by Crippen LogP contribution is -2.23. The van der Waals surface area contributed by atoms with Gasteiger partial charge in [-0.25, -0.2) is 0 Å².